The average Bonchev–Trinajstić information content (AvgIpc) is 1.27. The van der Waals surface area contributed by atoms with Crippen LogP contribution in [0.5, 0.6) is 0 Å². The van der Waals surface area contributed by atoms with E-state index < -0.39 is 18.4 Å². The molecular weight excluding hydrogens is 165 g/mol. The van der Waals surface area contributed by atoms with Crippen molar-refractivity contribution in [3.63, 3.8) is 0 Å². The second-order valence-electron chi connectivity index (χ2n) is 0.921. The molecule has 0 atom stereocenters. The van der Waals surface area contributed by atoms with E-state index in [0.29, 0.717) is 0 Å². The first-order valence-corrected chi connectivity index (χ1v) is 1.52. The molecule has 0 aliphatic rings. The van der Waals surface area contributed by atoms with Crippen LogP contribution in [0, 0.1) is 0 Å². The van der Waals surface area contributed by atoms with Gasteiger partial charge >= 0.3 is 59.1 Å². The number of carbonyl (C=O) groups is 2. The molecule has 0 saturated heterocycles. The minimum Gasteiger partial charge on any atom is -0.550 e. The van der Waals surface area contributed by atoms with Gasteiger partial charge in [-0.3, -0.25) is 4.70 Å². The second kappa shape index (κ2) is 12.5. The first kappa shape index (κ1) is 22.4. The number of carbonyl (C=O) groups excluding carboxylic acids is 2. The van der Waals surface area contributed by atoms with Crippen molar-refractivity contribution in [2.45, 2.75) is 6.42 Å². The second-order valence-corrected chi connectivity index (χ2v) is 0.921. The van der Waals surface area contributed by atoms with Crippen LogP contribution in [0.1, 0.15) is 6.42 Å². The molecule has 0 saturated carbocycles. The van der Waals surface area contributed by atoms with Crippen molar-refractivity contribution in [2.75, 3.05) is 0 Å². The fourth-order valence-corrected chi connectivity index (χ4v) is 0.118. The molecule has 0 heterocycles. The van der Waals surface area contributed by atoms with Crippen molar-refractivity contribution in [1.82, 2.24) is 0 Å². The van der Waals surface area contributed by atoms with Gasteiger partial charge in [0.05, 0.1) is 0 Å². The summed E-state index contributed by atoms with van der Waals surface area (Å²) < 4.78 is 0. The zero-order chi connectivity index (χ0) is 5.86. The standard InChI is InChI=1S/C3H4O4.FH.2Na/c4-2(5)1-3(6)7;;;/h1H2,(H,4,5)(H,6,7);1H;;/q;;2*+1/p-2. The van der Waals surface area contributed by atoms with Crippen LogP contribution in [-0.2, 0) is 9.59 Å². The van der Waals surface area contributed by atoms with Crippen LogP contribution in [0.3, 0.4) is 0 Å². The van der Waals surface area contributed by atoms with Crippen molar-refractivity contribution in [2.24, 2.45) is 0 Å². The van der Waals surface area contributed by atoms with Gasteiger partial charge < -0.3 is 19.8 Å². The number of carboxylic acids is 2. The summed E-state index contributed by atoms with van der Waals surface area (Å²) >= 11 is 0. The van der Waals surface area contributed by atoms with E-state index in [9.17, 15) is 19.8 Å². The maximum absolute atomic E-state index is 9.28. The quantitative estimate of drug-likeness (QED) is 0.303. The molecule has 10 heavy (non-hydrogen) atoms. The molecule has 0 rings (SSSR count). The van der Waals surface area contributed by atoms with Crippen LogP contribution in [-0.4, -0.2) is 11.9 Å². The predicted octanol–water partition coefficient (Wildman–Crippen LogP) is -8.96. The van der Waals surface area contributed by atoms with Gasteiger partial charge in [0, 0.05) is 18.4 Å². The van der Waals surface area contributed by atoms with E-state index >= 15 is 0 Å². The summed E-state index contributed by atoms with van der Waals surface area (Å²) in [5.41, 5.74) is 0. The Morgan fingerprint density at radius 1 is 1.00 bits per heavy atom. The molecule has 0 radical (unpaired) electrons. The van der Waals surface area contributed by atoms with Crippen molar-refractivity contribution < 1.29 is 83.6 Å². The van der Waals surface area contributed by atoms with Crippen LogP contribution in [0.15, 0.2) is 0 Å². The summed E-state index contributed by atoms with van der Waals surface area (Å²) in [4.78, 5) is 18.6. The van der Waals surface area contributed by atoms with E-state index in [4.69, 9.17) is 0 Å². The summed E-state index contributed by atoms with van der Waals surface area (Å²) in [7, 11) is 0. The zero-order valence-corrected chi connectivity index (χ0v) is 9.75. The van der Waals surface area contributed by atoms with Gasteiger partial charge in [-0.1, -0.05) is 0 Å². The number of carboxylic acid groups (broad SMARTS) is 2. The fourth-order valence-electron chi connectivity index (χ4n) is 0.118. The van der Waals surface area contributed by atoms with E-state index in [1.807, 2.05) is 0 Å². The molecule has 0 aromatic heterocycles. The third-order valence-electron chi connectivity index (χ3n) is 0.289. The Hall–Kier alpha value is 0.870. The summed E-state index contributed by atoms with van der Waals surface area (Å²) in [5, 5.41) is 18.6. The molecule has 0 aliphatic heterocycles. The Labute approximate surface area is 101 Å². The van der Waals surface area contributed by atoms with Gasteiger partial charge in [-0.05, 0) is 0 Å². The normalized spacial score (nSPS) is 5.60. The molecule has 0 fully saturated rings. The third kappa shape index (κ3) is 23.2. The van der Waals surface area contributed by atoms with Crippen molar-refractivity contribution in [3.8, 4) is 0 Å². The van der Waals surface area contributed by atoms with E-state index in [1.54, 1.807) is 0 Å². The Morgan fingerprint density at radius 2 is 1.20 bits per heavy atom. The Balaban J connectivity index is -0.0000000600. The van der Waals surface area contributed by atoms with Crippen LogP contribution in [0.25, 0.3) is 0 Å². The Morgan fingerprint density at radius 3 is 1.20 bits per heavy atom. The first-order valence-electron chi connectivity index (χ1n) is 1.52. The van der Waals surface area contributed by atoms with Gasteiger partial charge in [-0.2, -0.15) is 0 Å². The topological polar surface area (TPSA) is 80.3 Å². The van der Waals surface area contributed by atoms with Gasteiger partial charge in [-0.15, -0.1) is 0 Å². The minimum atomic E-state index is -1.63. The summed E-state index contributed by atoms with van der Waals surface area (Å²) in [6, 6.07) is 0. The van der Waals surface area contributed by atoms with Gasteiger partial charge in [0.15, 0.2) is 0 Å². The zero-order valence-electron chi connectivity index (χ0n) is 5.75. The third-order valence-corrected chi connectivity index (χ3v) is 0.289. The molecule has 0 amide bonds. The first-order chi connectivity index (χ1) is 3.13. The number of halogens is 1. The van der Waals surface area contributed by atoms with E-state index in [1.165, 1.54) is 0 Å². The molecule has 0 aliphatic carbocycles. The van der Waals surface area contributed by atoms with Crippen LogP contribution >= 0.6 is 0 Å². The van der Waals surface area contributed by atoms with Gasteiger partial charge in [0.2, 0.25) is 0 Å². The molecule has 0 aromatic rings. The fraction of sp³-hybridized carbons (Fsp3) is 0.333. The molecule has 0 unspecified atom stereocenters. The van der Waals surface area contributed by atoms with Gasteiger partial charge in [-0.25, -0.2) is 0 Å². The van der Waals surface area contributed by atoms with Crippen molar-refractivity contribution in [1.29, 1.82) is 0 Å². The number of rotatable bonds is 2. The smallest absolute Gasteiger partial charge is 0.550 e. The molecular formula is C3H3FNa2O4. The molecule has 4 nitrogen and oxygen atoms in total. The van der Waals surface area contributed by atoms with Gasteiger partial charge in [0.1, 0.15) is 0 Å². The molecule has 7 heteroatoms. The Kier molecular flexibility index (Phi) is 28.1. The monoisotopic (exact) mass is 168 g/mol. The number of hydrogen-bond donors (Lipinski definition) is 0. The molecule has 0 spiro atoms. The van der Waals surface area contributed by atoms with Crippen molar-refractivity contribution >= 4 is 11.9 Å². The Bertz CT molecular complexity index is 94.7. The number of aliphatic carboxylic acids is 2. The largest absolute Gasteiger partial charge is 1.00 e. The summed E-state index contributed by atoms with van der Waals surface area (Å²) in [6.07, 6.45) is -1.03. The number of hydrogen-bond acceptors (Lipinski definition) is 4. The summed E-state index contributed by atoms with van der Waals surface area (Å²) in [6.45, 7) is 0. The molecule has 0 bridgehead atoms. The van der Waals surface area contributed by atoms with Crippen LogP contribution < -0.4 is 69.3 Å². The maximum Gasteiger partial charge on any atom is 1.00 e. The van der Waals surface area contributed by atoms with Gasteiger partial charge in [0.25, 0.3) is 0 Å². The van der Waals surface area contributed by atoms with Crippen molar-refractivity contribution in [3.05, 3.63) is 0 Å². The SMILES string of the molecule is F.O=C([O-])CC(=O)[O-].[Na+].[Na+]. The average molecular weight is 168 g/mol. The molecule has 0 N–H and O–H groups in total. The minimum absolute atomic E-state index is 0. The van der Waals surface area contributed by atoms with Crippen LogP contribution in [0.2, 0.25) is 0 Å². The van der Waals surface area contributed by atoms with Crippen LogP contribution in [0.4, 0.5) is 4.70 Å². The van der Waals surface area contributed by atoms with E-state index in [-0.39, 0.29) is 63.8 Å². The molecule has 0 aromatic carbocycles. The van der Waals surface area contributed by atoms with E-state index in [2.05, 4.69) is 0 Å². The predicted molar refractivity (Wildman–Crippen MR) is 17.1 cm³/mol. The maximum atomic E-state index is 9.28. The molecule has 48 valence electrons. The summed E-state index contributed by atoms with van der Waals surface area (Å²) in [5.74, 6) is -3.25. The van der Waals surface area contributed by atoms with E-state index in [0.717, 1.165) is 0 Å².